The third kappa shape index (κ3) is 1.56. The molecular weight excluding hydrogens is 186 g/mol. The van der Waals surface area contributed by atoms with E-state index < -0.39 is 0 Å². The minimum absolute atomic E-state index is 0.927. The van der Waals surface area contributed by atoms with Crippen LogP contribution in [-0.4, -0.2) is 12.1 Å². The molecule has 0 atom stereocenters. The van der Waals surface area contributed by atoms with Gasteiger partial charge >= 0.3 is 0 Å². The zero-order valence-corrected chi connectivity index (χ0v) is 9.37. The van der Waals surface area contributed by atoms with E-state index in [1.54, 1.807) is 7.11 Å². The second-order valence-corrected chi connectivity index (χ2v) is 3.58. The molecule has 2 rings (SSSR count). The molecule has 2 aromatic rings. The highest BCUT2D eigenvalue weighted by atomic mass is 16.5. The number of hydrogen-bond donors (Lipinski definition) is 0. The predicted octanol–water partition coefficient (Wildman–Crippen LogP) is 3.11. The summed E-state index contributed by atoms with van der Waals surface area (Å²) < 4.78 is 5.41. The van der Waals surface area contributed by atoms with Crippen LogP contribution in [0.15, 0.2) is 24.3 Å². The Balaban J connectivity index is 2.84. The Morgan fingerprint density at radius 2 is 2.00 bits per heavy atom. The van der Waals surface area contributed by atoms with Crippen LogP contribution in [0.5, 0.6) is 5.75 Å². The van der Waals surface area contributed by atoms with Gasteiger partial charge in [-0.15, -0.1) is 0 Å². The Hall–Kier alpha value is -1.57. The van der Waals surface area contributed by atoms with E-state index in [0.29, 0.717) is 0 Å². The Bertz CT molecular complexity index is 491. The number of ether oxygens (including phenoxy) is 1. The number of rotatable bonds is 2. The first kappa shape index (κ1) is 9.97. The molecule has 0 aliphatic rings. The summed E-state index contributed by atoms with van der Waals surface area (Å²) in [6, 6.07) is 8.20. The average molecular weight is 201 g/mol. The third-order valence-corrected chi connectivity index (χ3v) is 2.68. The van der Waals surface area contributed by atoms with Crippen LogP contribution < -0.4 is 4.74 Å². The topological polar surface area (TPSA) is 22.1 Å². The van der Waals surface area contributed by atoms with Crippen LogP contribution in [0.2, 0.25) is 0 Å². The minimum atomic E-state index is 0.927. The van der Waals surface area contributed by atoms with Crippen molar-refractivity contribution >= 4 is 10.9 Å². The van der Waals surface area contributed by atoms with Gasteiger partial charge in [-0.1, -0.05) is 25.1 Å². The summed E-state index contributed by atoms with van der Waals surface area (Å²) in [4.78, 5) is 4.53. The molecular formula is C13H15NO. The van der Waals surface area contributed by atoms with Crippen LogP contribution in [0.4, 0.5) is 0 Å². The largest absolute Gasteiger partial charge is 0.495 e. The third-order valence-electron chi connectivity index (χ3n) is 2.68. The van der Waals surface area contributed by atoms with Gasteiger partial charge in [-0.3, -0.25) is 0 Å². The first-order chi connectivity index (χ1) is 7.27. The van der Waals surface area contributed by atoms with Gasteiger partial charge in [-0.2, -0.15) is 0 Å². The van der Waals surface area contributed by atoms with E-state index in [0.717, 1.165) is 23.4 Å². The fraction of sp³-hybridized carbons (Fsp3) is 0.308. The first-order valence-electron chi connectivity index (χ1n) is 5.20. The molecule has 0 aliphatic heterocycles. The maximum absolute atomic E-state index is 5.41. The van der Waals surface area contributed by atoms with Crippen LogP contribution >= 0.6 is 0 Å². The van der Waals surface area contributed by atoms with Crippen molar-refractivity contribution in [3.8, 4) is 5.75 Å². The maximum atomic E-state index is 5.41. The number of para-hydroxylation sites is 1. The highest BCUT2D eigenvalue weighted by Gasteiger charge is 2.10. The monoisotopic (exact) mass is 201 g/mol. The van der Waals surface area contributed by atoms with Crippen molar-refractivity contribution in [2.45, 2.75) is 20.3 Å². The van der Waals surface area contributed by atoms with Gasteiger partial charge in [0.25, 0.3) is 0 Å². The molecule has 0 saturated heterocycles. The molecule has 15 heavy (non-hydrogen) atoms. The number of aromatic nitrogens is 1. The first-order valence-corrected chi connectivity index (χ1v) is 5.20. The van der Waals surface area contributed by atoms with E-state index in [9.17, 15) is 0 Å². The maximum Gasteiger partial charge on any atom is 0.143 e. The minimum Gasteiger partial charge on any atom is -0.495 e. The molecule has 0 aliphatic carbocycles. The normalized spacial score (nSPS) is 10.6. The van der Waals surface area contributed by atoms with Crippen LogP contribution in [0, 0.1) is 6.92 Å². The Morgan fingerprint density at radius 3 is 2.67 bits per heavy atom. The van der Waals surface area contributed by atoms with E-state index in [4.69, 9.17) is 4.74 Å². The number of methoxy groups -OCH3 is 1. The Labute approximate surface area is 89.9 Å². The molecule has 0 spiro atoms. The molecule has 0 fully saturated rings. The lowest BCUT2D eigenvalue weighted by molar-refractivity contribution is 0.405. The molecule has 0 radical (unpaired) electrons. The zero-order chi connectivity index (χ0) is 10.8. The number of benzene rings is 1. The smallest absolute Gasteiger partial charge is 0.143 e. The zero-order valence-electron chi connectivity index (χ0n) is 9.37. The average Bonchev–Trinajstić information content (AvgIpc) is 2.27. The summed E-state index contributed by atoms with van der Waals surface area (Å²) in [5.74, 6) is 0.927. The van der Waals surface area contributed by atoms with E-state index in [1.807, 2.05) is 25.1 Å². The highest BCUT2D eigenvalue weighted by Crippen LogP contribution is 2.29. The quantitative estimate of drug-likeness (QED) is 0.744. The second kappa shape index (κ2) is 3.89. The molecule has 0 amide bonds. The molecule has 0 N–H and O–H groups in total. The number of hydrogen-bond acceptors (Lipinski definition) is 2. The van der Waals surface area contributed by atoms with Crippen LogP contribution in [-0.2, 0) is 6.42 Å². The second-order valence-electron chi connectivity index (χ2n) is 3.58. The Morgan fingerprint density at radius 1 is 1.27 bits per heavy atom. The fourth-order valence-corrected chi connectivity index (χ4v) is 2.02. The van der Waals surface area contributed by atoms with Gasteiger partial charge in [0.1, 0.15) is 5.75 Å². The molecule has 78 valence electrons. The van der Waals surface area contributed by atoms with Crippen molar-refractivity contribution in [2.75, 3.05) is 7.11 Å². The van der Waals surface area contributed by atoms with Gasteiger partial charge < -0.3 is 4.74 Å². The van der Waals surface area contributed by atoms with Crippen molar-refractivity contribution < 1.29 is 4.74 Å². The van der Waals surface area contributed by atoms with Crippen molar-refractivity contribution in [2.24, 2.45) is 0 Å². The van der Waals surface area contributed by atoms with Crippen LogP contribution in [0.25, 0.3) is 10.9 Å². The van der Waals surface area contributed by atoms with E-state index in [-0.39, 0.29) is 0 Å². The van der Waals surface area contributed by atoms with Crippen molar-refractivity contribution in [1.29, 1.82) is 0 Å². The summed E-state index contributed by atoms with van der Waals surface area (Å²) in [5.41, 5.74) is 3.27. The van der Waals surface area contributed by atoms with Crippen molar-refractivity contribution in [3.63, 3.8) is 0 Å². The highest BCUT2D eigenvalue weighted by molar-refractivity contribution is 5.84. The lowest BCUT2D eigenvalue weighted by atomic mass is 10.0. The van der Waals surface area contributed by atoms with Gasteiger partial charge in [0.2, 0.25) is 0 Å². The lowest BCUT2D eigenvalue weighted by Crippen LogP contribution is -1.98. The van der Waals surface area contributed by atoms with Crippen LogP contribution in [0.3, 0.4) is 0 Å². The molecule has 2 nitrogen and oxygen atoms in total. The van der Waals surface area contributed by atoms with Crippen molar-refractivity contribution in [3.05, 3.63) is 35.5 Å². The SMILES string of the molecule is CCc1c(OC)c(C)nc2ccccc12. The van der Waals surface area contributed by atoms with E-state index >= 15 is 0 Å². The van der Waals surface area contributed by atoms with Crippen LogP contribution in [0.1, 0.15) is 18.2 Å². The molecule has 1 heterocycles. The summed E-state index contributed by atoms with van der Waals surface area (Å²) in [6.07, 6.45) is 0.965. The predicted molar refractivity (Wildman–Crippen MR) is 62.4 cm³/mol. The van der Waals surface area contributed by atoms with Gasteiger partial charge in [-0.05, 0) is 19.4 Å². The van der Waals surface area contributed by atoms with Gasteiger partial charge in [0, 0.05) is 10.9 Å². The van der Waals surface area contributed by atoms with Gasteiger partial charge in [0.15, 0.2) is 0 Å². The molecule has 2 heteroatoms. The standard InChI is InChI=1S/C13H15NO/c1-4-10-11-7-5-6-8-12(11)14-9(2)13(10)15-3/h5-8H,4H2,1-3H3. The van der Waals surface area contributed by atoms with Gasteiger partial charge in [-0.25, -0.2) is 4.98 Å². The van der Waals surface area contributed by atoms with Crippen molar-refractivity contribution in [1.82, 2.24) is 4.98 Å². The fourth-order valence-electron chi connectivity index (χ4n) is 2.02. The van der Waals surface area contributed by atoms with E-state index in [1.165, 1.54) is 10.9 Å². The molecule has 0 saturated carbocycles. The summed E-state index contributed by atoms with van der Waals surface area (Å²) in [7, 11) is 1.71. The number of aryl methyl sites for hydroxylation is 2. The number of fused-ring (bicyclic) bond motifs is 1. The van der Waals surface area contributed by atoms with E-state index in [2.05, 4.69) is 18.0 Å². The van der Waals surface area contributed by atoms with Gasteiger partial charge in [0.05, 0.1) is 18.3 Å². The molecule has 1 aromatic heterocycles. The summed E-state index contributed by atoms with van der Waals surface area (Å²) in [6.45, 7) is 4.13. The number of nitrogens with zero attached hydrogens (tertiary/aromatic N) is 1. The summed E-state index contributed by atoms with van der Waals surface area (Å²) in [5, 5.41) is 1.20. The molecule has 0 unspecified atom stereocenters. The lowest BCUT2D eigenvalue weighted by Gasteiger charge is -2.12. The number of pyridine rings is 1. The molecule has 1 aromatic carbocycles. The summed E-state index contributed by atoms with van der Waals surface area (Å²) >= 11 is 0. The molecule has 0 bridgehead atoms. The Kier molecular flexibility index (Phi) is 2.58.